The number of ketones is 1. The fraction of sp³-hybridized carbons (Fsp3) is 0.273. The minimum absolute atomic E-state index is 0.151. The van der Waals surface area contributed by atoms with Crippen molar-refractivity contribution < 1.29 is 4.79 Å². The molecule has 3 aromatic rings. The molecule has 0 amide bonds. The van der Waals surface area contributed by atoms with Gasteiger partial charge in [0.25, 0.3) is 0 Å². The number of aromatic nitrogens is 3. The number of carbonyl (C=O) groups excluding carboxylic acids is 1. The van der Waals surface area contributed by atoms with Gasteiger partial charge in [0.2, 0.25) is 0 Å². The molecule has 1 aromatic heterocycles. The standard InChI is InChI=1S/C22H21ClN4O/c1-4-17(28)12-19-22-26-25-14(3)27(22)20-10-5-13(2)11-18(20)21(24-19)15-6-8-16(23)9-7-15/h5-11,19H,4,12H2,1-3H3/t19-/m0/s1. The van der Waals surface area contributed by atoms with Crippen LogP contribution in [0.3, 0.4) is 0 Å². The smallest absolute Gasteiger partial charge is 0.162 e. The lowest BCUT2D eigenvalue weighted by molar-refractivity contribution is -0.119. The fourth-order valence-corrected chi connectivity index (χ4v) is 3.67. The van der Waals surface area contributed by atoms with Gasteiger partial charge in [0.05, 0.1) is 11.4 Å². The number of fused-ring (bicyclic) bond motifs is 3. The van der Waals surface area contributed by atoms with Crippen molar-refractivity contribution >= 4 is 23.1 Å². The summed E-state index contributed by atoms with van der Waals surface area (Å²) < 4.78 is 2.02. The summed E-state index contributed by atoms with van der Waals surface area (Å²) in [5.74, 6) is 1.63. The number of aliphatic imine (C=N–C) groups is 1. The molecule has 1 aliphatic rings. The Bertz CT molecular complexity index is 1080. The van der Waals surface area contributed by atoms with Crippen LogP contribution >= 0.6 is 11.6 Å². The van der Waals surface area contributed by atoms with Crippen LogP contribution in [-0.2, 0) is 4.79 Å². The molecule has 4 rings (SSSR count). The van der Waals surface area contributed by atoms with E-state index in [1.807, 2.05) is 42.7 Å². The van der Waals surface area contributed by atoms with E-state index in [4.69, 9.17) is 16.6 Å². The Balaban J connectivity index is 1.99. The lowest BCUT2D eigenvalue weighted by Crippen LogP contribution is -2.10. The summed E-state index contributed by atoms with van der Waals surface area (Å²) in [7, 11) is 0. The molecule has 142 valence electrons. The third kappa shape index (κ3) is 3.27. The van der Waals surface area contributed by atoms with E-state index in [1.165, 1.54) is 0 Å². The summed E-state index contributed by atoms with van der Waals surface area (Å²) in [6, 6.07) is 13.5. The number of halogens is 1. The molecule has 0 unspecified atom stereocenters. The first-order valence-electron chi connectivity index (χ1n) is 9.36. The Morgan fingerprint density at radius 3 is 2.57 bits per heavy atom. The lowest BCUT2D eigenvalue weighted by Gasteiger charge is -2.13. The monoisotopic (exact) mass is 392 g/mol. The van der Waals surface area contributed by atoms with E-state index in [-0.39, 0.29) is 11.8 Å². The zero-order chi connectivity index (χ0) is 19.8. The number of benzene rings is 2. The average molecular weight is 393 g/mol. The van der Waals surface area contributed by atoms with Crippen molar-refractivity contribution in [1.29, 1.82) is 0 Å². The van der Waals surface area contributed by atoms with Gasteiger partial charge in [-0.2, -0.15) is 0 Å². The largest absolute Gasteiger partial charge is 0.300 e. The van der Waals surface area contributed by atoms with Gasteiger partial charge >= 0.3 is 0 Å². The number of nitrogens with zero attached hydrogens (tertiary/aromatic N) is 4. The van der Waals surface area contributed by atoms with E-state index in [0.717, 1.165) is 33.9 Å². The zero-order valence-corrected chi connectivity index (χ0v) is 16.9. The molecule has 6 heteroatoms. The Hall–Kier alpha value is -2.79. The van der Waals surface area contributed by atoms with Crippen LogP contribution in [0.1, 0.15) is 54.1 Å². The van der Waals surface area contributed by atoms with Crippen molar-refractivity contribution in [3.05, 3.63) is 75.8 Å². The van der Waals surface area contributed by atoms with Gasteiger partial charge in [-0.05, 0) is 38.1 Å². The van der Waals surface area contributed by atoms with Crippen LogP contribution in [0.2, 0.25) is 5.02 Å². The average Bonchev–Trinajstić information content (AvgIpc) is 3.01. The molecule has 28 heavy (non-hydrogen) atoms. The minimum atomic E-state index is -0.382. The Morgan fingerprint density at radius 1 is 1.11 bits per heavy atom. The summed E-state index contributed by atoms with van der Waals surface area (Å²) in [6.07, 6.45) is 0.778. The summed E-state index contributed by atoms with van der Waals surface area (Å²) in [4.78, 5) is 17.3. The molecule has 0 fully saturated rings. The molecule has 0 bridgehead atoms. The van der Waals surface area contributed by atoms with Crippen molar-refractivity contribution in [1.82, 2.24) is 14.8 Å². The van der Waals surface area contributed by atoms with Crippen LogP contribution in [0.5, 0.6) is 0 Å². The molecular formula is C22H21ClN4O. The van der Waals surface area contributed by atoms with Gasteiger partial charge in [0.15, 0.2) is 5.82 Å². The third-order valence-corrected chi connectivity index (χ3v) is 5.27. The van der Waals surface area contributed by atoms with Crippen molar-refractivity contribution in [3.63, 3.8) is 0 Å². The Kier molecular flexibility index (Phi) is 4.85. The molecule has 1 atom stereocenters. The molecule has 2 aromatic carbocycles. The van der Waals surface area contributed by atoms with Crippen molar-refractivity contribution in [3.8, 4) is 5.69 Å². The number of rotatable bonds is 4. The highest BCUT2D eigenvalue weighted by molar-refractivity contribution is 6.30. The fourth-order valence-electron chi connectivity index (χ4n) is 3.54. The van der Waals surface area contributed by atoms with Gasteiger partial charge in [-0.15, -0.1) is 10.2 Å². The first kappa shape index (κ1) is 18.6. The van der Waals surface area contributed by atoms with E-state index < -0.39 is 0 Å². The summed E-state index contributed by atoms with van der Waals surface area (Å²) >= 11 is 6.09. The van der Waals surface area contributed by atoms with E-state index >= 15 is 0 Å². The van der Waals surface area contributed by atoms with Gasteiger partial charge in [0.1, 0.15) is 17.6 Å². The second-order valence-electron chi connectivity index (χ2n) is 7.06. The predicted octanol–water partition coefficient (Wildman–Crippen LogP) is 4.80. The van der Waals surface area contributed by atoms with Gasteiger partial charge < -0.3 is 0 Å². The van der Waals surface area contributed by atoms with Gasteiger partial charge in [0, 0.05) is 29.0 Å². The van der Waals surface area contributed by atoms with Crippen LogP contribution in [0.25, 0.3) is 5.69 Å². The van der Waals surface area contributed by atoms with Crippen LogP contribution in [0, 0.1) is 13.8 Å². The lowest BCUT2D eigenvalue weighted by atomic mass is 9.98. The minimum Gasteiger partial charge on any atom is -0.300 e. The number of hydrogen-bond donors (Lipinski definition) is 0. The van der Waals surface area contributed by atoms with Crippen molar-refractivity contribution in [2.45, 2.75) is 39.7 Å². The molecule has 1 aliphatic heterocycles. The molecule has 0 radical (unpaired) electrons. The van der Waals surface area contributed by atoms with Gasteiger partial charge in [-0.1, -0.05) is 42.3 Å². The van der Waals surface area contributed by atoms with E-state index in [9.17, 15) is 4.79 Å². The Morgan fingerprint density at radius 2 is 1.86 bits per heavy atom. The number of Topliss-reactive ketones (excluding diaryl/α,β-unsaturated/α-hetero) is 1. The second-order valence-corrected chi connectivity index (χ2v) is 7.49. The maximum Gasteiger partial charge on any atom is 0.162 e. The summed E-state index contributed by atoms with van der Waals surface area (Å²) in [5, 5.41) is 9.32. The topological polar surface area (TPSA) is 60.1 Å². The van der Waals surface area contributed by atoms with Crippen molar-refractivity contribution in [2.75, 3.05) is 0 Å². The molecule has 0 saturated carbocycles. The zero-order valence-electron chi connectivity index (χ0n) is 16.1. The quantitative estimate of drug-likeness (QED) is 0.640. The molecule has 2 heterocycles. The van der Waals surface area contributed by atoms with Crippen LogP contribution in [0.15, 0.2) is 47.5 Å². The maximum absolute atomic E-state index is 12.3. The predicted molar refractivity (Wildman–Crippen MR) is 111 cm³/mol. The summed E-state index contributed by atoms with van der Waals surface area (Å²) in [5.41, 5.74) is 4.91. The highest BCUT2D eigenvalue weighted by atomic mass is 35.5. The summed E-state index contributed by atoms with van der Waals surface area (Å²) in [6.45, 7) is 5.85. The molecule has 0 aliphatic carbocycles. The van der Waals surface area contributed by atoms with E-state index in [1.54, 1.807) is 0 Å². The van der Waals surface area contributed by atoms with Crippen LogP contribution in [0.4, 0.5) is 0 Å². The van der Waals surface area contributed by atoms with Gasteiger partial charge in [-0.3, -0.25) is 14.4 Å². The number of carbonyl (C=O) groups is 1. The molecule has 0 spiro atoms. The van der Waals surface area contributed by atoms with E-state index in [0.29, 0.717) is 23.7 Å². The molecule has 0 saturated heterocycles. The SMILES string of the molecule is CCC(=O)C[C@@H]1N=C(c2ccc(Cl)cc2)c2cc(C)ccc2-n2c(C)nnc21. The van der Waals surface area contributed by atoms with Crippen molar-refractivity contribution in [2.24, 2.45) is 4.99 Å². The Labute approximate surface area is 169 Å². The molecular weight excluding hydrogens is 372 g/mol. The normalized spacial score (nSPS) is 15.4. The first-order valence-corrected chi connectivity index (χ1v) is 9.74. The third-order valence-electron chi connectivity index (χ3n) is 5.01. The van der Waals surface area contributed by atoms with Crippen LogP contribution < -0.4 is 0 Å². The molecule has 5 nitrogen and oxygen atoms in total. The first-order chi connectivity index (χ1) is 13.5. The molecule has 0 N–H and O–H groups in total. The second kappa shape index (κ2) is 7.32. The van der Waals surface area contributed by atoms with Gasteiger partial charge in [-0.25, -0.2) is 0 Å². The van der Waals surface area contributed by atoms with Crippen LogP contribution in [-0.4, -0.2) is 26.3 Å². The maximum atomic E-state index is 12.3. The van der Waals surface area contributed by atoms with E-state index in [2.05, 4.69) is 35.3 Å². The number of hydrogen-bond acceptors (Lipinski definition) is 4. The highest BCUT2D eigenvalue weighted by Crippen LogP contribution is 2.33. The number of aryl methyl sites for hydroxylation is 2. The highest BCUT2D eigenvalue weighted by Gasteiger charge is 2.29.